The zero-order valence-electron chi connectivity index (χ0n) is 18.3. The van der Waals surface area contributed by atoms with E-state index in [0.717, 1.165) is 57.5 Å². The molecule has 30 heavy (non-hydrogen) atoms. The van der Waals surface area contributed by atoms with Crippen molar-refractivity contribution in [2.24, 2.45) is 17.3 Å². The van der Waals surface area contributed by atoms with Gasteiger partial charge in [-0.05, 0) is 97.6 Å². The Kier molecular flexibility index (Phi) is 5.69. The highest BCUT2D eigenvalue weighted by Crippen LogP contribution is 2.61. The van der Waals surface area contributed by atoms with Gasteiger partial charge in [-0.25, -0.2) is 0 Å². The molecule has 1 N–H and O–H groups in total. The number of rotatable bonds is 4. The van der Waals surface area contributed by atoms with Crippen LogP contribution in [-0.4, -0.2) is 30.2 Å². The molecule has 0 radical (unpaired) electrons. The summed E-state index contributed by atoms with van der Waals surface area (Å²) in [5, 5.41) is 10.6. The molecular formula is C27H36O3. The van der Waals surface area contributed by atoms with Crippen LogP contribution in [0, 0.1) is 29.6 Å². The lowest BCUT2D eigenvalue weighted by molar-refractivity contribution is -0.176. The fraction of sp³-hybridized carbons (Fsp3) is 0.704. The lowest BCUT2D eigenvalue weighted by atomic mass is 9.55. The lowest BCUT2D eigenvalue weighted by Gasteiger charge is -2.50. The molecule has 5 rings (SSSR count). The van der Waals surface area contributed by atoms with Crippen LogP contribution >= 0.6 is 0 Å². The van der Waals surface area contributed by atoms with Crippen LogP contribution in [0.15, 0.2) is 18.2 Å². The van der Waals surface area contributed by atoms with E-state index in [9.17, 15) is 5.11 Å². The number of hydrogen-bond acceptors (Lipinski definition) is 3. The van der Waals surface area contributed by atoms with Gasteiger partial charge in [0.25, 0.3) is 0 Å². The number of benzene rings is 1. The summed E-state index contributed by atoms with van der Waals surface area (Å²) >= 11 is 0. The third-order valence-corrected chi connectivity index (χ3v) is 8.87. The van der Waals surface area contributed by atoms with Gasteiger partial charge < -0.3 is 14.6 Å². The van der Waals surface area contributed by atoms with Gasteiger partial charge in [-0.3, -0.25) is 0 Å². The molecule has 0 spiro atoms. The third kappa shape index (κ3) is 3.52. The molecule has 7 atom stereocenters. The molecule has 5 unspecified atom stereocenters. The van der Waals surface area contributed by atoms with Gasteiger partial charge in [0.15, 0.2) is 6.29 Å². The summed E-state index contributed by atoms with van der Waals surface area (Å²) in [5.74, 6) is 4.91. The average Bonchev–Trinajstić information content (AvgIpc) is 3.08. The monoisotopic (exact) mass is 408 g/mol. The van der Waals surface area contributed by atoms with E-state index in [-0.39, 0.29) is 23.9 Å². The largest absolute Gasteiger partial charge is 0.393 e. The molecule has 0 amide bonds. The number of aliphatic hydroxyl groups excluding tert-OH is 1. The molecule has 3 nitrogen and oxygen atoms in total. The van der Waals surface area contributed by atoms with Gasteiger partial charge in [-0.2, -0.15) is 0 Å². The van der Waals surface area contributed by atoms with Crippen LogP contribution in [0.5, 0.6) is 0 Å². The zero-order valence-corrected chi connectivity index (χ0v) is 18.3. The molecule has 3 heteroatoms. The van der Waals surface area contributed by atoms with Crippen molar-refractivity contribution in [1.82, 2.24) is 0 Å². The second kappa shape index (κ2) is 8.30. The highest BCUT2D eigenvalue weighted by Gasteiger charge is 2.54. The first kappa shape index (κ1) is 20.6. The first-order valence-corrected chi connectivity index (χ1v) is 12.1. The van der Waals surface area contributed by atoms with Crippen LogP contribution in [-0.2, 0) is 22.3 Å². The van der Waals surface area contributed by atoms with Gasteiger partial charge in [0.1, 0.15) is 6.10 Å². The predicted molar refractivity (Wildman–Crippen MR) is 118 cm³/mol. The first-order chi connectivity index (χ1) is 14.6. The highest BCUT2D eigenvalue weighted by atomic mass is 16.7. The molecule has 1 aliphatic heterocycles. The van der Waals surface area contributed by atoms with Crippen LogP contribution in [0.3, 0.4) is 0 Å². The van der Waals surface area contributed by atoms with Crippen molar-refractivity contribution in [1.29, 1.82) is 0 Å². The van der Waals surface area contributed by atoms with Crippen molar-refractivity contribution < 1.29 is 14.6 Å². The molecule has 1 aromatic rings. The Hall–Kier alpha value is -1.34. The Morgan fingerprint density at radius 2 is 2.13 bits per heavy atom. The van der Waals surface area contributed by atoms with Crippen LogP contribution in [0.2, 0.25) is 0 Å². The Labute approximate surface area is 181 Å². The molecule has 1 saturated heterocycles. The van der Waals surface area contributed by atoms with Crippen molar-refractivity contribution in [2.45, 2.75) is 95.5 Å². The van der Waals surface area contributed by atoms with E-state index in [1.165, 1.54) is 30.4 Å². The maximum atomic E-state index is 10.6. The summed E-state index contributed by atoms with van der Waals surface area (Å²) in [7, 11) is 0. The average molecular weight is 409 g/mol. The highest BCUT2D eigenvalue weighted by molar-refractivity contribution is 5.41. The van der Waals surface area contributed by atoms with E-state index in [0.29, 0.717) is 11.8 Å². The second-order valence-corrected chi connectivity index (χ2v) is 10.3. The Morgan fingerprint density at radius 3 is 2.93 bits per heavy atom. The number of hydrogen-bond donors (Lipinski definition) is 1. The molecular weight excluding hydrogens is 372 g/mol. The van der Waals surface area contributed by atoms with Crippen molar-refractivity contribution >= 4 is 0 Å². The number of fused-ring (bicyclic) bond motifs is 5. The first-order valence-electron chi connectivity index (χ1n) is 12.1. The van der Waals surface area contributed by atoms with E-state index < -0.39 is 0 Å². The Bertz CT molecular complexity index is 805. The van der Waals surface area contributed by atoms with Crippen molar-refractivity contribution in [3.63, 3.8) is 0 Å². The summed E-state index contributed by atoms with van der Waals surface area (Å²) < 4.78 is 11.9. The van der Waals surface area contributed by atoms with Crippen molar-refractivity contribution in [2.75, 3.05) is 6.61 Å². The van der Waals surface area contributed by atoms with Crippen LogP contribution in [0.4, 0.5) is 0 Å². The molecule has 162 valence electrons. The van der Waals surface area contributed by atoms with Gasteiger partial charge in [0.05, 0.1) is 6.10 Å². The lowest BCUT2D eigenvalue weighted by Crippen LogP contribution is -2.44. The van der Waals surface area contributed by atoms with Gasteiger partial charge in [0.2, 0.25) is 0 Å². The molecule has 3 fully saturated rings. The zero-order chi connectivity index (χ0) is 20.7. The molecule has 1 heterocycles. The molecule has 0 bridgehead atoms. The quantitative estimate of drug-likeness (QED) is 0.713. The minimum atomic E-state index is -0.225. The SMILES string of the molecule is C#CC(Cc1cccc2c1CCC1C2CC[C@@]2(C)C1CC[C@@H]2O)OC1CCCCO1. The van der Waals surface area contributed by atoms with E-state index in [2.05, 4.69) is 31.0 Å². The number of terminal acetylenes is 1. The van der Waals surface area contributed by atoms with E-state index in [1.807, 2.05) is 0 Å². The van der Waals surface area contributed by atoms with Crippen LogP contribution in [0.1, 0.15) is 80.9 Å². The maximum absolute atomic E-state index is 10.6. The van der Waals surface area contributed by atoms with E-state index in [1.54, 1.807) is 5.56 Å². The third-order valence-electron chi connectivity index (χ3n) is 8.87. The fourth-order valence-electron chi connectivity index (χ4n) is 7.21. The standard InChI is InChI=1S/C27H36O3/c1-3-19(30-26-9-4-5-16-29-26)17-18-7-6-8-21-20(18)10-11-23-22(21)14-15-27(2)24(23)12-13-25(27)28/h1,6-8,19,22-26,28H,4-5,9-17H2,2H3/t19?,22?,23?,24?,25-,26?,27-/m0/s1. The summed E-state index contributed by atoms with van der Waals surface area (Å²) in [5.41, 5.74) is 4.58. The predicted octanol–water partition coefficient (Wildman–Crippen LogP) is 4.99. The Morgan fingerprint density at radius 1 is 1.23 bits per heavy atom. The Balaban J connectivity index is 1.35. The maximum Gasteiger partial charge on any atom is 0.159 e. The minimum Gasteiger partial charge on any atom is -0.393 e. The second-order valence-electron chi connectivity index (χ2n) is 10.3. The molecule has 3 aliphatic carbocycles. The molecule has 1 aromatic carbocycles. The molecule has 2 saturated carbocycles. The normalized spacial score (nSPS) is 38.8. The summed E-state index contributed by atoms with van der Waals surface area (Å²) in [6, 6.07) is 6.83. The van der Waals surface area contributed by atoms with E-state index in [4.69, 9.17) is 15.9 Å². The fourth-order valence-corrected chi connectivity index (χ4v) is 7.21. The molecule has 4 aliphatic rings. The van der Waals surface area contributed by atoms with E-state index >= 15 is 0 Å². The van der Waals surface area contributed by atoms with Gasteiger partial charge >= 0.3 is 0 Å². The summed E-state index contributed by atoms with van der Waals surface area (Å²) in [4.78, 5) is 0. The van der Waals surface area contributed by atoms with Crippen LogP contribution in [0.25, 0.3) is 0 Å². The molecule has 0 aromatic heterocycles. The van der Waals surface area contributed by atoms with Gasteiger partial charge in [0, 0.05) is 13.0 Å². The topological polar surface area (TPSA) is 38.7 Å². The smallest absolute Gasteiger partial charge is 0.159 e. The summed E-state index contributed by atoms with van der Waals surface area (Å²) in [6.07, 6.45) is 16.3. The van der Waals surface area contributed by atoms with Crippen molar-refractivity contribution in [3.8, 4) is 12.3 Å². The number of ether oxygens (including phenoxy) is 2. The number of aliphatic hydroxyl groups is 1. The van der Waals surface area contributed by atoms with Gasteiger partial charge in [-0.1, -0.05) is 31.0 Å². The summed E-state index contributed by atoms with van der Waals surface area (Å²) in [6.45, 7) is 3.13. The minimum absolute atomic E-state index is 0.105. The van der Waals surface area contributed by atoms with Crippen molar-refractivity contribution in [3.05, 3.63) is 34.9 Å². The van der Waals surface area contributed by atoms with Gasteiger partial charge in [-0.15, -0.1) is 6.42 Å². The van der Waals surface area contributed by atoms with Crippen LogP contribution < -0.4 is 0 Å².